The van der Waals surface area contributed by atoms with E-state index in [4.69, 9.17) is 14.2 Å². The van der Waals surface area contributed by atoms with Crippen molar-refractivity contribution in [2.24, 2.45) is 0 Å². The maximum absolute atomic E-state index is 11.8. The molecule has 3 amide bonds. The molecule has 0 fully saturated rings. The number of carbonyl (C=O) groups is 3. The summed E-state index contributed by atoms with van der Waals surface area (Å²) in [6, 6.07) is 3.90. The Bertz CT molecular complexity index is 572. The summed E-state index contributed by atoms with van der Waals surface area (Å²) in [5.74, 6) is -0.425. The van der Waals surface area contributed by atoms with Gasteiger partial charge in [-0.15, -0.1) is 0 Å². The van der Waals surface area contributed by atoms with Crippen LogP contribution in [0.1, 0.15) is 17.3 Å². The van der Waals surface area contributed by atoms with Gasteiger partial charge in [-0.2, -0.15) is 0 Å². The Morgan fingerprint density at radius 1 is 1.24 bits per heavy atom. The monoisotopic (exact) mass is 294 g/mol. The molecule has 0 saturated heterocycles. The van der Waals surface area contributed by atoms with E-state index in [1.54, 1.807) is 13.0 Å². The van der Waals surface area contributed by atoms with Crippen LogP contribution in [0.3, 0.4) is 0 Å². The number of amides is 3. The summed E-state index contributed by atoms with van der Waals surface area (Å²) in [7, 11) is 0. The Morgan fingerprint density at radius 2 is 2.00 bits per heavy atom. The van der Waals surface area contributed by atoms with Gasteiger partial charge in [-0.25, -0.2) is 9.59 Å². The van der Waals surface area contributed by atoms with E-state index < -0.39 is 24.5 Å². The molecule has 112 valence electrons. The summed E-state index contributed by atoms with van der Waals surface area (Å²) in [4.78, 5) is 34.2. The van der Waals surface area contributed by atoms with E-state index in [1.165, 1.54) is 12.1 Å². The van der Waals surface area contributed by atoms with Gasteiger partial charge in [0.2, 0.25) is 6.79 Å². The minimum absolute atomic E-state index is 0.1000. The van der Waals surface area contributed by atoms with Gasteiger partial charge in [-0.05, 0) is 25.1 Å². The topological polar surface area (TPSA) is 103 Å². The molecule has 8 heteroatoms. The fraction of sp³-hybridized carbons (Fsp3) is 0.308. The highest BCUT2D eigenvalue weighted by Crippen LogP contribution is 2.32. The molecule has 0 unspecified atom stereocenters. The number of imide groups is 1. The second-order valence-corrected chi connectivity index (χ2v) is 4.05. The number of fused-ring (bicyclic) bond motifs is 1. The van der Waals surface area contributed by atoms with E-state index in [0.717, 1.165) is 0 Å². The van der Waals surface area contributed by atoms with Crippen LogP contribution in [0.15, 0.2) is 18.2 Å². The molecule has 0 aliphatic carbocycles. The maximum Gasteiger partial charge on any atom is 0.338 e. The average molecular weight is 294 g/mol. The van der Waals surface area contributed by atoms with Gasteiger partial charge in [0.25, 0.3) is 5.91 Å². The zero-order chi connectivity index (χ0) is 15.2. The molecule has 21 heavy (non-hydrogen) atoms. The van der Waals surface area contributed by atoms with E-state index in [-0.39, 0.29) is 12.4 Å². The smallest absolute Gasteiger partial charge is 0.338 e. The molecule has 0 atom stereocenters. The van der Waals surface area contributed by atoms with Gasteiger partial charge in [-0.3, -0.25) is 10.1 Å². The van der Waals surface area contributed by atoms with Crippen LogP contribution in [-0.2, 0) is 9.53 Å². The van der Waals surface area contributed by atoms with Crippen LogP contribution in [0.25, 0.3) is 0 Å². The number of esters is 1. The van der Waals surface area contributed by atoms with Crippen molar-refractivity contribution >= 4 is 17.9 Å². The van der Waals surface area contributed by atoms with Crippen LogP contribution in [0.2, 0.25) is 0 Å². The zero-order valence-corrected chi connectivity index (χ0v) is 11.3. The third-order valence-corrected chi connectivity index (χ3v) is 2.53. The van der Waals surface area contributed by atoms with Crippen molar-refractivity contribution in [3.05, 3.63) is 23.8 Å². The zero-order valence-electron chi connectivity index (χ0n) is 11.3. The quantitative estimate of drug-likeness (QED) is 0.780. The average Bonchev–Trinajstić information content (AvgIpc) is 2.92. The lowest BCUT2D eigenvalue weighted by atomic mass is 10.2. The van der Waals surface area contributed by atoms with Crippen molar-refractivity contribution in [1.82, 2.24) is 10.6 Å². The van der Waals surface area contributed by atoms with Crippen LogP contribution in [0.4, 0.5) is 4.79 Å². The molecule has 8 nitrogen and oxygen atoms in total. The predicted molar refractivity (Wildman–Crippen MR) is 70.1 cm³/mol. The summed E-state index contributed by atoms with van der Waals surface area (Å²) in [6.45, 7) is 1.65. The molecular weight excluding hydrogens is 280 g/mol. The highest BCUT2D eigenvalue weighted by molar-refractivity contribution is 5.97. The van der Waals surface area contributed by atoms with Crippen LogP contribution < -0.4 is 20.1 Å². The molecular formula is C13H14N2O6. The molecule has 1 heterocycles. The minimum atomic E-state index is -0.713. The van der Waals surface area contributed by atoms with Crippen LogP contribution in [-0.4, -0.2) is 37.9 Å². The first-order valence-electron chi connectivity index (χ1n) is 6.24. The van der Waals surface area contributed by atoms with E-state index in [1.807, 2.05) is 5.32 Å². The lowest BCUT2D eigenvalue weighted by Crippen LogP contribution is -2.41. The van der Waals surface area contributed by atoms with Crippen molar-refractivity contribution < 1.29 is 28.6 Å². The molecule has 2 N–H and O–H groups in total. The lowest BCUT2D eigenvalue weighted by molar-refractivity contribution is -0.123. The summed E-state index contributed by atoms with van der Waals surface area (Å²) in [5.41, 5.74) is 0.227. The highest BCUT2D eigenvalue weighted by Gasteiger charge is 2.18. The molecule has 1 aromatic carbocycles. The Hall–Kier alpha value is -2.77. The van der Waals surface area contributed by atoms with Gasteiger partial charge in [0.15, 0.2) is 18.1 Å². The van der Waals surface area contributed by atoms with Crippen molar-refractivity contribution in [1.29, 1.82) is 0 Å². The molecule has 1 aromatic rings. The fourth-order valence-corrected chi connectivity index (χ4v) is 1.61. The van der Waals surface area contributed by atoms with Gasteiger partial charge in [0.1, 0.15) is 0 Å². The number of hydrogen-bond acceptors (Lipinski definition) is 6. The SMILES string of the molecule is CCNC(=O)NC(=O)COC(=O)c1ccc2c(c1)OCO2. The van der Waals surface area contributed by atoms with Gasteiger partial charge < -0.3 is 19.5 Å². The minimum Gasteiger partial charge on any atom is -0.454 e. The number of carbonyl (C=O) groups excluding carboxylic acids is 3. The van der Waals surface area contributed by atoms with E-state index >= 15 is 0 Å². The summed E-state index contributed by atoms with van der Waals surface area (Å²) in [5, 5.41) is 4.40. The van der Waals surface area contributed by atoms with Gasteiger partial charge in [0, 0.05) is 6.54 Å². The van der Waals surface area contributed by atoms with E-state index in [0.29, 0.717) is 18.0 Å². The number of urea groups is 1. The summed E-state index contributed by atoms with van der Waals surface area (Å²) >= 11 is 0. The predicted octanol–water partition coefficient (Wildman–Crippen LogP) is 0.418. The van der Waals surface area contributed by atoms with Crippen LogP contribution in [0, 0.1) is 0 Å². The fourth-order valence-electron chi connectivity index (χ4n) is 1.61. The normalized spacial score (nSPS) is 11.7. The first kappa shape index (κ1) is 14.6. The Labute approximate surface area is 120 Å². The standard InChI is InChI=1S/C13H14N2O6/c1-2-14-13(18)15-11(16)6-19-12(17)8-3-4-9-10(5-8)21-7-20-9/h3-5H,2,6-7H2,1H3,(H2,14,15,16,18). The van der Waals surface area contributed by atoms with Gasteiger partial charge in [-0.1, -0.05) is 0 Å². The highest BCUT2D eigenvalue weighted by atomic mass is 16.7. The molecule has 2 rings (SSSR count). The van der Waals surface area contributed by atoms with Crippen molar-refractivity contribution in [2.75, 3.05) is 19.9 Å². The molecule has 0 saturated carbocycles. The first-order valence-corrected chi connectivity index (χ1v) is 6.24. The Morgan fingerprint density at radius 3 is 2.76 bits per heavy atom. The summed E-state index contributed by atoms with van der Waals surface area (Å²) < 4.78 is 15.0. The van der Waals surface area contributed by atoms with Gasteiger partial charge in [0.05, 0.1) is 5.56 Å². The third kappa shape index (κ3) is 3.85. The second-order valence-electron chi connectivity index (χ2n) is 4.05. The molecule has 0 spiro atoms. The lowest BCUT2D eigenvalue weighted by Gasteiger charge is -2.06. The molecule has 0 radical (unpaired) electrons. The van der Waals surface area contributed by atoms with Crippen molar-refractivity contribution in [2.45, 2.75) is 6.92 Å². The Kier molecular flexibility index (Phi) is 4.60. The summed E-state index contributed by atoms with van der Waals surface area (Å²) in [6.07, 6.45) is 0. The van der Waals surface area contributed by atoms with Crippen molar-refractivity contribution in [3.63, 3.8) is 0 Å². The maximum atomic E-state index is 11.8. The molecule has 0 bridgehead atoms. The number of hydrogen-bond donors (Lipinski definition) is 2. The number of rotatable bonds is 4. The third-order valence-electron chi connectivity index (χ3n) is 2.53. The number of ether oxygens (including phenoxy) is 3. The van der Waals surface area contributed by atoms with E-state index in [2.05, 4.69) is 5.32 Å². The number of nitrogens with one attached hydrogen (secondary N) is 2. The van der Waals surface area contributed by atoms with Crippen molar-refractivity contribution in [3.8, 4) is 11.5 Å². The van der Waals surface area contributed by atoms with E-state index in [9.17, 15) is 14.4 Å². The second kappa shape index (κ2) is 6.60. The number of benzene rings is 1. The molecule has 0 aromatic heterocycles. The largest absolute Gasteiger partial charge is 0.454 e. The first-order chi connectivity index (χ1) is 10.1. The Balaban J connectivity index is 1.84. The van der Waals surface area contributed by atoms with Crippen LogP contribution >= 0.6 is 0 Å². The van der Waals surface area contributed by atoms with Gasteiger partial charge >= 0.3 is 12.0 Å². The molecule has 1 aliphatic rings. The molecule has 1 aliphatic heterocycles. The van der Waals surface area contributed by atoms with Crippen LogP contribution in [0.5, 0.6) is 11.5 Å².